The van der Waals surface area contributed by atoms with E-state index in [-0.39, 0.29) is 0 Å². The summed E-state index contributed by atoms with van der Waals surface area (Å²) in [6.07, 6.45) is 0. The standard InChI is InChI=1S/C17H21N/c1-12-7-13(2)9-16(8-12)17-10-15(11-18-4)6-5-14(17)3/h5-10,18H,11H2,1-4H3. The maximum atomic E-state index is 3.20. The molecule has 0 bridgehead atoms. The molecule has 1 N–H and O–H groups in total. The number of benzene rings is 2. The topological polar surface area (TPSA) is 12.0 Å². The third-order valence-corrected chi connectivity index (χ3v) is 3.22. The molecule has 0 fully saturated rings. The van der Waals surface area contributed by atoms with Crippen LogP contribution >= 0.6 is 0 Å². The highest BCUT2D eigenvalue weighted by Gasteiger charge is 2.04. The molecule has 18 heavy (non-hydrogen) atoms. The minimum Gasteiger partial charge on any atom is -0.316 e. The summed E-state index contributed by atoms with van der Waals surface area (Å²) in [5.74, 6) is 0. The Kier molecular flexibility index (Phi) is 3.83. The van der Waals surface area contributed by atoms with Gasteiger partial charge in [-0.3, -0.25) is 0 Å². The largest absolute Gasteiger partial charge is 0.316 e. The Balaban J connectivity index is 2.51. The van der Waals surface area contributed by atoms with Crippen molar-refractivity contribution >= 4 is 0 Å². The van der Waals surface area contributed by atoms with E-state index in [0.29, 0.717) is 0 Å². The maximum Gasteiger partial charge on any atom is 0.0202 e. The molecule has 2 rings (SSSR count). The van der Waals surface area contributed by atoms with Crippen molar-refractivity contribution < 1.29 is 0 Å². The van der Waals surface area contributed by atoms with Crippen molar-refractivity contribution in [3.63, 3.8) is 0 Å². The fourth-order valence-electron chi connectivity index (χ4n) is 2.42. The van der Waals surface area contributed by atoms with Gasteiger partial charge in [0.05, 0.1) is 0 Å². The Hall–Kier alpha value is -1.60. The van der Waals surface area contributed by atoms with Crippen LogP contribution in [-0.2, 0) is 6.54 Å². The lowest BCUT2D eigenvalue weighted by Crippen LogP contribution is -2.05. The van der Waals surface area contributed by atoms with Crippen molar-refractivity contribution in [2.24, 2.45) is 0 Å². The normalized spacial score (nSPS) is 10.7. The lowest BCUT2D eigenvalue weighted by Gasteiger charge is -2.11. The molecule has 0 aromatic heterocycles. The van der Waals surface area contributed by atoms with Gasteiger partial charge in [0.1, 0.15) is 0 Å². The van der Waals surface area contributed by atoms with Crippen molar-refractivity contribution in [1.29, 1.82) is 0 Å². The molecule has 0 aliphatic heterocycles. The summed E-state index contributed by atoms with van der Waals surface area (Å²) in [5.41, 5.74) is 7.97. The Morgan fingerprint density at radius 2 is 1.56 bits per heavy atom. The quantitative estimate of drug-likeness (QED) is 0.853. The van der Waals surface area contributed by atoms with Crippen LogP contribution in [-0.4, -0.2) is 7.05 Å². The first kappa shape index (κ1) is 12.8. The third kappa shape index (κ3) is 2.80. The first-order chi connectivity index (χ1) is 8.60. The maximum absolute atomic E-state index is 3.20. The summed E-state index contributed by atoms with van der Waals surface area (Å²) in [6.45, 7) is 7.40. The second kappa shape index (κ2) is 5.36. The number of hydrogen-bond donors (Lipinski definition) is 1. The van der Waals surface area contributed by atoms with E-state index in [1.54, 1.807) is 0 Å². The van der Waals surface area contributed by atoms with Gasteiger partial charge in [-0.25, -0.2) is 0 Å². The molecule has 0 unspecified atom stereocenters. The molecule has 0 spiro atoms. The Labute approximate surface area is 110 Å². The van der Waals surface area contributed by atoms with Crippen molar-refractivity contribution in [3.05, 3.63) is 58.7 Å². The van der Waals surface area contributed by atoms with Gasteiger partial charge in [-0.2, -0.15) is 0 Å². The van der Waals surface area contributed by atoms with Crippen molar-refractivity contribution in [3.8, 4) is 11.1 Å². The van der Waals surface area contributed by atoms with Gasteiger partial charge in [-0.05, 0) is 56.1 Å². The Morgan fingerprint density at radius 3 is 2.17 bits per heavy atom. The molecule has 0 saturated heterocycles. The van der Waals surface area contributed by atoms with Crippen LogP contribution < -0.4 is 5.32 Å². The average Bonchev–Trinajstić information content (AvgIpc) is 2.30. The smallest absolute Gasteiger partial charge is 0.0202 e. The van der Waals surface area contributed by atoms with Crippen molar-refractivity contribution in [1.82, 2.24) is 5.32 Å². The van der Waals surface area contributed by atoms with E-state index in [0.717, 1.165) is 6.54 Å². The monoisotopic (exact) mass is 239 g/mol. The van der Waals surface area contributed by atoms with Gasteiger partial charge >= 0.3 is 0 Å². The van der Waals surface area contributed by atoms with Gasteiger partial charge in [0.25, 0.3) is 0 Å². The number of aryl methyl sites for hydroxylation is 3. The molecule has 2 aromatic carbocycles. The highest BCUT2D eigenvalue weighted by Crippen LogP contribution is 2.26. The second-order valence-electron chi connectivity index (χ2n) is 5.06. The summed E-state index contributed by atoms with van der Waals surface area (Å²) in [4.78, 5) is 0. The molecule has 0 heterocycles. The van der Waals surface area contributed by atoms with Gasteiger partial charge in [-0.15, -0.1) is 0 Å². The first-order valence-electron chi connectivity index (χ1n) is 6.43. The summed E-state index contributed by atoms with van der Waals surface area (Å²) in [7, 11) is 1.98. The van der Waals surface area contributed by atoms with E-state index in [1.807, 2.05) is 7.05 Å². The van der Waals surface area contributed by atoms with Crippen LogP contribution in [0.1, 0.15) is 22.3 Å². The van der Waals surface area contributed by atoms with Crippen LogP contribution in [0.15, 0.2) is 36.4 Å². The van der Waals surface area contributed by atoms with Crippen LogP contribution in [0.2, 0.25) is 0 Å². The van der Waals surface area contributed by atoms with E-state index >= 15 is 0 Å². The molecule has 1 nitrogen and oxygen atoms in total. The third-order valence-electron chi connectivity index (χ3n) is 3.22. The molecule has 0 radical (unpaired) electrons. The van der Waals surface area contributed by atoms with Crippen LogP contribution in [0.5, 0.6) is 0 Å². The predicted molar refractivity (Wildman–Crippen MR) is 78.9 cm³/mol. The summed E-state index contributed by atoms with van der Waals surface area (Å²) in [6, 6.07) is 13.4. The molecular formula is C17H21N. The molecule has 0 aliphatic rings. The van der Waals surface area contributed by atoms with E-state index in [4.69, 9.17) is 0 Å². The zero-order valence-electron chi connectivity index (χ0n) is 11.7. The molecular weight excluding hydrogens is 218 g/mol. The highest BCUT2D eigenvalue weighted by atomic mass is 14.8. The molecule has 2 aromatic rings. The van der Waals surface area contributed by atoms with Gasteiger partial charge in [0, 0.05) is 6.54 Å². The Morgan fingerprint density at radius 1 is 0.889 bits per heavy atom. The Bertz CT molecular complexity index is 535. The number of nitrogens with one attached hydrogen (secondary N) is 1. The second-order valence-corrected chi connectivity index (χ2v) is 5.06. The zero-order chi connectivity index (χ0) is 13.1. The van der Waals surface area contributed by atoms with Gasteiger partial charge in [-0.1, -0.05) is 41.5 Å². The van der Waals surface area contributed by atoms with Crippen LogP contribution in [0.4, 0.5) is 0 Å². The fourth-order valence-corrected chi connectivity index (χ4v) is 2.42. The number of hydrogen-bond acceptors (Lipinski definition) is 1. The molecule has 0 atom stereocenters. The van der Waals surface area contributed by atoms with E-state index < -0.39 is 0 Å². The highest BCUT2D eigenvalue weighted by molar-refractivity contribution is 5.69. The van der Waals surface area contributed by atoms with Crippen LogP contribution in [0.3, 0.4) is 0 Å². The number of rotatable bonds is 3. The van der Waals surface area contributed by atoms with E-state index in [2.05, 4.69) is 62.5 Å². The zero-order valence-corrected chi connectivity index (χ0v) is 11.7. The molecule has 0 amide bonds. The molecule has 1 heteroatoms. The van der Waals surface area contributed by atoms with E-state index in [1.165, 1.54) is 33.4 Å². The first-order valence-corrected chi connectivity index (χ1v) is 6.43. The van der Waals surface area contributed by atoms with Crippen molar-refractivity contribution in [2.75, 3.05) is 7.05 Å². The summed E-state index contributed by atoms with van der Waals surface area (Å²) >= 11 is 0. The fraction of sp³-hybridized carbons (Fsp3) is 0.294. The van der Waals surface area contributed by atoms with E-state index in [9.17, 15) is 0 Å². The minimum atomic E-state index is 0.915. The van der Waals surface area contributed by atoms with Gasteiger partial charge in [0.15, 0.2) is 0 Å². The summed E-state index contributed by atoms with van der Waals surface area (Å²) in [5, 5.41) is 3.20. The van der Waals surface area contributed by atoms with Gasteiger partial charge in [0.2, 0.25) is 0 Å². The predicted octanol–water partition coefficient (Wildman–Crippen LogP) is 4.00. The molecule has 0 aliphatic carbocycles. The summed E-state index contributed by atoms with van der Waals surface area (Å²) < 4.78 is 0. The SMILES string of the molecule is CNCc1ccc(C)c(-c2cc(C)cc(C)c2)c1. The van der Waals surface area contributed by atoms with Gasteiger partial charge < -0.3 is 5.32 Å². The lowest BCUT2D eigenvalue weighted by atomic mass is 9.95. The van der Waals surface area contributed by atoms with Crippen LogP contribution in [0.25, 0.3) is 11.1 Å². The lowest BCUT2D eigenvalue weighted by molar-refractivity contribution is 0.818. The van der Waals surface area contributed by atoms with Crippen molar-refractivity contribution in [2.45, 2.75) is 27.3 Å². The van der Waals surface area contributed by atoms with Crippen LogP contribution in [0, 0.1) is 20.8 Å². The minimum absolute atomic E-state index is 0.915. The molecule has 94 valence electrons. The average molecular weight is 239 g/mol. The molecule has 0 saturated carbocycles.